The van der Waals surface area contributed by atoms with E-state index >= 15 is 0 Å². The third-order valence-corrected chi connectivity index (χ3v) is 5.93. The van der Waals surface area contributed by atoms with Gasteiger partial charge < -0.3 is 18.7 Å². The minimum atomic E-state index is -3.34. The van der Waals surface area contributed by atoms with Crippen LogP contribution in [-0.4, -0.2) is 30.6 Å². The fraction of sp³-hybridized carbons (Fsp3) is 0.562. The summed E-state index contributed by atoms with van der Waals surface area (Å²) in [5, 5.41) is 2.80. The maximum atomic E-state index is 13.2. The third-order valence-electron chi connectivity index (χ3n) is 3.34. The normalized spacial score (nSPS) is 16.8. The summed E-state index contributed by atoms with van der Waals surface area (Å²) >= 11 is 0. The van der Waals surface area contributed by atoms with Gasteiger partial charge in [-0.1, -0.05) is 13.8 Å². The molecule has 0 fully saturated rings. The lowest BCUT2D eigenvalue weighted by atomic mass is 10.3. The van der Waals surface area contributed by atoms with Gasteiger partial charge in [-0.2, -0.15) is 0 Å². The van der Waals surface area contributed by atoms with E-state index in [1.54, 1.807) is 52.8 Å². The molecule has 1 aromatic carbocycles. The molecule has 1 aromatic rings. The number of carbonyl (C=O) groups is 1. The van der Waals surface area contributed by atoms with Crippen LogP contribution in [0.1, 0.15) is 34.6 Å². The molecule has 8 heteroatoms. The number of esters is 1. The maximum Gasteiger partial charge on any atom is 0.323 e. The summed E-state index contributed by atoms with van der Waals surface area (Å²) in [6.45, 7) is 8.80. The van der Waals surface area contributed by atoms with Gasteiger partial charge >= 0.3 is 13.5 Å². The second-order valence-corrected chi connectivity index (χ2v) is 8.80. The summed E-state index contributed by atoms with van der Waals surface area (Å²) in [6.07, 6.45) is -0.241. The zero-order valence-corrected chi connectivity index (χ0v) is 15.5. The molecule has 0 saturated carbocycles. The molecule has 1 heterocycles. The Morgan fingerprint density at radius 3 is 2.46 bits per heavy atom. The highest BCUT2D eigenvalue weighted by Crippen LogP contribution is 2.49. The number of hydrogen-bond donors (Lipinski definition) is 1. The number of nitrogens with one attached hydrogen (secondary N) is 1. The number of carbonyl (C=O) groups excluding carboxylic acids is 1. The van der Waals surface area contributed by atoms with Gasteiger partial charge in [-0.3, -0.25) is 9.36 Å². The molecule has 0 bridgehead atoms. The summed E-state index contributed by atoms with van der Waals surface area (Å²) in [6, 6.07) is 4.21. The Labute approximate surface area is 142 Å². The van der Waals surface area contributed by atoms with Gasteiger partial charge in [0.15, 0.2) is 11.5 Å². The van der Waals surface area contributed by atoms with Crippen molar-refractivity contribution in [1.82, 2.24) is 5.09 Å². The van der Waals surface area contributed by atoms with Gasteiger partial charge in [0.2, 0.25) is 6.79 Å². The topological polar surface area (TPSA) is 83.1 Å². The Morgan fingerprint density at radius 1 is 1.17 bits per heavy atom. The molecule has 2 rings (SSSR count). The van der Waals surface area contributed by atoms with Gasteiger partial charge in [0, 0.05) is 6.07 Å². The van der Waals surface area contributed by atoms with Crippen LogP contribution in [-0.2, 0) is 14.1 Å². The standard InChI is InChI=1S/C16H24NO6P/c1-10(2)22-16(18)12(5)17-24(19,11(3)4)23-13-6-7-14-15(8-13)21-9-20-14/h6-8,10-12H,9H2,1-5H3,(H,17,19)/t12-,24?/m0/s1. The van der Waals surface area contributed by atoms with E-state index in [4.69, 9.17) is 18.7 Å². The fourth-order valence-electron chi connectivity index (χ4n) is 2.03. The molecule has 134 valence electrons. The molecule has 24 heavy (non-hydrogen) atoms. The van der Waals surface area contributed by atoms with Gasteiger partial charge in [0.05, 0.1) is 11.8 Å². The molecule has 0 aromatic heterocycles. The van der Waals surface area contributed by atoms with Crippen LogP contribution >= 0.6 is 7.52 Å². The molecule has 1 aliphatic rings. The van der Waals surface area contributed by atoms with E-state index in [0.29, 0.717) is 17.2 Å². The number of rotatable bonds is 7. The fourth-order valence-corrected chi connectivity index (χ4v) is 3.66. The first-order valence-electron chi connectivity index (χ1n) is 7.88. The van der Waals surface area contributed by atoms with Crippen LogP contribution in [0.3, 0.4) is 0 Å². The van der Waals surface area contributed by atoms with Crippen LogP contribution in [0.15, 0.2) is 18.2 Å². The van der Waals surface area contributed by atoms with Crippen LogP contribution in [0, 0.1) is 0 Å². The van der Waals surface area contributed by atoms with Crippen molar-refractivity contribution in [2.45, 2.75) is 52.4 Å². The van der Waals surface area contributed by atoms with Crippen molar-refractivity contribution >= 4 is 13.5 Å². The monoisotopic (exact) mass is 357 g/mol. The Kier molecular flexibility index (Phi) is 5.78. The number of ether oxygens (including phenoxy) is 3. The predicted molar refractivity (Wildman–Crippen MR) is 89.8 cm³/mol. The Balaban J connectivity index is 2.12. The zero-order valence-electron chi connectivity index (χ0n) is 14.6. The largest absolute Gasteiger partial charge is 0.462 e. The summed E-state index contributed by atoms with van der Waals surface area (Å²) in [5.74, 6) is 1.06. The molecule has 1 unspecified atom stereocenters. The lowest BCUT2D eigenvalue weighted by Gasteiger charge is -2.26. The number of hydrogen-bond acceptors (Lipinski definition) is 6. The minimum absolute atomic E-state index is 0.150. The van der Waals surface area contributed by atoms with Gasteiger partial charge in [-0.15, -0.1) is 0 Å². The Bertz CT molecular complexity index is 645. The van der Waals surface area contributed by atoms with E-state index in [1.807, 2.05) is 0 Å². The highest BCUT2D eigenvalue weighted by atomic mass is 31.2. The minimum Gasteiger partial charge on any atom is -0.462 e. The molecule has 0 radical (unpaired) electrons. The molecule has 1 N–H and O–H groups in total. The van der Waals surface area contributed by atoms with Gasteiger partial charge in [-0.05, 0) is 32.9 Å². The molecule has 7 nitrogen and oxygen atoms in total. The predicted octanol–water partition coefficient (Wildman–Crippen LogP) is 3.33. The molecule has 1 aliphatic heterocycles. The van der Waals surface area contributed by atoms with E-state index in [1.165, 1.54) is 0 Å². The van der Waals surface area contributed by atoms with Crippen molar-refractivity contribution in [3.05, 3.63) is 18.2 Å². The maximum absolute atomic E-state index is 13.2. The molecule has 0 aliphatic carbocycles. The molecular weight excluding hydrogens is 333 g/mol. The van der Waals surface area contributed by atoms with Crippen molar-refractivity contribution in [2.24, 2.45) is 0 Å². The summed E-state index contributed by atoms with van der Waals surface area (Å²) < 4.78 is 34.6. The molecule has 0 amide bonds. The highest BCUT2D eigenvalue weighted by molar-refractivity contribution is 7.58. The van der Waals surface area contributed by atoms with E-state index in [2.05, 4.69) is 5.09 Å². The molecular formula is C16H24NO6P. The summed E-state index contributed by atoms with van der Waals surface area (Å²) in [7, 11) is -3.34. The van der Waals surface area contributed by atoms with E-state index in [-0.39, 0.29) is 18.6 Å². The third kappa shape index (κ3) is 4.42. The van der Waals surface area contributed by atoms with Crippen LogP contribution in [0.2, 0.25) is 0 Å². The van der Waals surface area contributed by atoms with Crippen LogP contribution in [0.4, 0.5) is 0 Å². The Morgan fingerprint density at radius 2 is 1.83 bits per heavy atom. The lowest BCUT2D eigenvalue weighted by Crippen LogP contribution is -2.37. The first kappa shape index (κ1) is 18.6. The quantitative estimate of drug-likeness (QED) is 0.592. The van der Waals surface area contributed by atoms with E-state index < -0.39 is 19.5 Å². The molecule has 0 spiro atoms. The van der Waals surface area contributed by atoms with E-state index in [0.717, 1.165) is 0 Å². The zero-order chi connectivity index (χ0) is 17.9. The lowest BCUT2D eigenvalue weighted by molar-refractivity contribution is -0.149. The van der Waals surface area contributed by atoms with E-state index in [9.17, 15) is 9.36 Å². The summed E-state index contributed by atoms with van der Waals surface area (Å²) in [5.41, 5.74) is -0.336. The van der Waals surface area contributed by atoms with Crippen molar-refractivity contribution in [3.63, 3.8) is 0 Å². The Hall–Kier alpha value is -1.72. The van der Waals surface area contributed by atoms with Crippen LogP contribution in [0.25, 0.3) is 0 Å². The molecule has 0 saturated heterocycles. The second-order valence-electron chi connectivity index (χ2n) is 6.13. The first-order chi connectivity index (χ1) is 11.2. The van der Waals surface area contributed by atoms with Crippen molar-refractivity contribution in [1.29, 1.82) is 0 Å². The van der Waals surface area contributed by atoms with Crippen molar-refractivity contribution in [3.8, 4) is 17.2 Å². The average Bonchev–Trinajstić information content (AvgIpc) is 2.93. The van der Waals surface area contributed by atoms with Gasteiger partial charge in [-0.25, -0.2) is 5.09 Å². The first-order valence-corrected chi connectivity index (χ1v) is 9.58. The highest BCUT2D eigenvalue weighted by Gasteiger charge is 2.34. The SMILES string of the molecule is CC(C)OC(=O)[C@H](C)NP(=O)(Oc1ccc2c(c1)OCO2)C(C)C. The number of benzene rings is 1. The second kappa shape index (κ2) is 7.45. The summed E-state index contributed by atoms with van der Waals surface area (Å²) in [4.78, 5) is 12.0. The van der Waals surface area contributed by atoms with Gasteiger partial charge in [0.1, 0.15) is 11.8 Å². The number of fused-ring (bicyclic) bond motifs is 1. The molecule has 2 atom stereocenters. The van der Waals surface area contributed by atoms with Crippen LogP contribution < -0.4 is 19.1 Å². The van der Waals surface area contributed by atoms with Crippen molar-refractivity contribution < 1.29 is 28.1 Å². The van der Waals surface area contributed by atoms with Crippen LogP contribution in [0.5, 0.6) is 17.2 Å². The average molecular weight is 357 g/mol. The van der Waals surface area contributed by atoms with Crippen molar-refractivity contribution in [2.75, 3.05) is 6.79 Å². The van der Waals surface area contributed by atoms with Gasteiger partial charge in [0.25, 0.3) is 0 Å². The smallest absolute Gasteiger partial charge is 0.323 e.